The van der Waals surface area contributed by atoms with Crippen molar-refractivity contribution in [1.29, 1.82) is 0 Å². The largest absolute Gasteiger partial charge is 0.340 e. The van der Waals surface area contributed by atoms with Gasteiger partial charge in [0, 0.05) is 30.3 Å². The first kappa shape index (κ1) is 14.4. The number of amides is 1. The summed E-state index contributed by atoms with van der Waals surface area (Å²) in [6.45, 7) is 0.732. The van der Waals surface area contributed by atoms with Gasteiger partial charge < -0.3 is 9.47 Å². The minimum absolute atomic E-state index is 0.100. The smallest absolute Gasteiger partial charge is 0.270 e. The van der Waals surface area contributed by atoms with E-state index in [-0.39, 0.29) is 5.91 Å². The molecule has 1 aliphatic carbocycles. The second-order valence-electron chi connectivity index (χ2n) is 5.64. The quantitative estimate of drug-likeness (QED) is 0.805. The molecule has 0 aliphatic heterocycles. The van der Waals surface area contributed by atoms with E-state index in [2.05, 4.69) is 32.6 Å². The molecule has 1 aromatic carbocycles. The molecule has 110 valence electrons. The van der Waals surface area contributed by atoms with E-state index < -0.39 is 0 Å². The third-order valence-corrected chi connectivity index (χ3v) is 4.33. The molecule has 0 radical (unpaired) electrons. The molecular weight excluding hydrogens is 328 g/mol. The summed E-state index contributed by atoms with van der Waals surface area (Å²) < 4.78 is 3.10. The lowest BCUT2D eigenvalue weighted by Crippen LogP contribution is -2.30. The van der Waals surface area contributed by atoms with Crippen LogP contribution in [0.15, 0.2) is 47.1 Å². The molecule has 0 bridgehead atoms. The van der Waals surface area contributed by atoms with E-state index in [9.17, 15) is 4.79 Å². The van der Waals surface area contributed by atoms with Gasteiger partial charge in [-0.25, -0.2) is 0 Å². The van der Waals surface area contributed by atoms with Crippen LogP contribution in [0.1, 0.15) is 34.9 Å². The predicted molar refractivity (Wildman–Crippen MR) is 87.5 cm³/mol. The van der Waals surface area contributed by atoms with Gasteiger partial charge in [0.25, 0.3) is 5.91 Å². The maximum absolute atomic E-state index is 12.6. The number of likely N-dealkylation sites (N-methyl/N-ethyl adjacent to an activating group) is 1. The lowest BCUT2D eigenvalue weighted by Gasteiger charge is -2.18. The Bertz CT molecular complexity index is 631. The van der Waals surface area contributed by atoms with Gasteiger partial charge in [-0.05, 0) is 46.8 Å². The van der Waals surface area contributed by atoms with Crippen LogP contribution in [-0.4, -0.2) is 29.0 Å². The molecule has 2 aromatic rings. The van der Waals surface area contributed by atoms with Crippen LogP contribution in [0, 0.1) is 0 Å². The zero-order valence-corrected chi connectivity index (χ0v) is 13.7. The standard InChI is InChI=1S/C17H19BrN2O/c1-19(10-9-13-5-3-2-4-6-13)17(21)16-11-14(18)12-20(16)15-7-8-15/h2-6,11-12,15H,7-10H2,1H3. The third-order valence-electron chi connectivity index (χ3n) is 3.90. The van der Waals surface area contributed by atoms with Gasteiger partial charge in [0.15, 0.2) is 0 Å². The number of rotatable bonds is 5. The Morgan fingerprint density at radius 2 is 2.05 bits per heavy atom. The van der Waals surface area contributed by atoms with Gasteiger partial charge in [-0.2, -0.15) is 0 Å². The number of nitrogens with zero attached hydrogens (tertiary/aromatic N) is 2. The van der Waals surface area contributed by atoms with Gasteiger partial charge in [-0.15, -0.1) is 0 Å². The highest BCUT2D eigenvalue weighted by molar-refractivity contribution is 9.10. The summed E-state index contributed by atoms with van der Waals surface area (Å²) >= 11 is 3.48. The number of carbonyl (C=O) groups excluding carboxylic acids is 1. The summed E-state index contributed by atoms with van der Waals surface area (Å²) in [5, 5.41) is 0. The molecule has 0 atom stereocenters. The Hall–Kier alpha value is -1.55. The van der Waals surface area contributed by atoms with Crippen LogP contribution in [0.4, 0.5) is 0 Å². The maximum Gasteiger partial charge on any atom is 0.270 e. The van der Waals surface area contributed by atoms with Crippen molar-refractivity contribution in [1.82, 2.24) is 9.47 Å². The van der Waals surface area contributed by atoms with Crippen LogP contribution in [0.5, 0.6) is 0 Å². The minimum atomic E-state index is 0.100. The Balaban J connectivity index is 1.67. The van der Waals surface area contributed by atoms with Gasteiger partial charge in [0.1, 0.15) is 5.69 Å². The molecule has 1 saturated carbocycles. The van der Waals surface area contributed by atoms with Crippen molar-refractivity contribution >= 4 is 21.8 Å². The van der Waals surface area contributed by atoms with Crippen LogP contribution >= 0.6 is 15.9 Å². The Morgan fingerprint density at radius 1 is 1.33 bits per heavy atom. The second-order valence-corrected chi connectivity index (χ2v) is 6.56. The van der Waals surface area contributed by atoms with Gasteiger partial charge in [0.05, 0.1) is 0 Å². The van der Waals surface area contributed by atoms with Gasteiger partial charge in [-0.1, -0.05) is 30.3 Å². The first-order chi connectivity index (χ1) is 10.1. The Labute approximate surface area is 133 Å². The topological polar surface area (TPSA) is 25.2 Å². The fourth-order valence-corrected chi connectivity index (χ4v) is 2.95. The number of carbonyl (C=O) groups is 1. The predicted octanol–water partition coefficient (Wildman–Crippen LogP) is 3.90. The summed E-state index contributed by atoms with van der Waals surface area (Å²) in [4.78, 5) is 14.4. The van der Waals surface area contributed by atoms with Crippen LogP contribution in [0.25, 0.3) is 0 Å². The molecule has 1 heterocycles. The van der Waals surface area contributed by atoms with Crippen LogP contribution in [-0.2, 0) is 6.42 Å². The highest BCUT2D eigenvalue weighted by Gasteiger charge is 2.28. The zero-order valence-electron chi connectivity index (χ0n) is 12.1. The molecule has 0 spiro atoms. The molecule has 21 heavy (non-hydrogen) atoms. The second kappa shape index (κ2) is 6.06. The SMILES string of the molecule is CN(CCc1ccccc1)C(=O)c1cc(Br)cn1C1CC1. The van der Waals surface area contributed by atoms with E-state index in [1.54, 1.807) is 0 Å². The highest BCUT2D eigenvalue weighted by Crippen LogP contribution is 2.37. The molecule has 1 amide bonds. The summed E-state index contributed by atoms with van der Waals surface area (Å²) in [5.74, 6) is 0.100. The van der Waals surface area contributed by atoms with Crippen molar-refractivity contribution in [2.45, 2.75) is 25.3 Å². The fourth-order valence-electron chi connectivity index (χ4n) is 2.51. The van der Waals surface area contributed by atoms with E-state index >= 15 is 0 Å². The Kier molecular flexibility index (Phi) is 4.15. The molecule has 0 N–H and O–H groups in total. The van der Waals surface area contributed by atoms with E-state index in [1.165, 1.54) is 18.4 Å². The highest BCUT2D eigenvalue weighted by atomic mass is 79.9. The first-order valence-electron chi connectivity index (χ1n) is 7.32. The number of halogens is 1. The molecule has 3 nitrogen and oxygen atoms in total. The van der Waals surface area contributed by atoms with Crippen molar-refractivity contribution in [2.24, 2.45) is 0 Å². The van der Waals surface area contributed by atoms with Crippen molar-refractivity contribution < 1.29 is 4.79 Å². The monoisotopic (exact) mass is 346 g/mol. The molecule has 1 aliphatic rings. The van der Waals surface area contributed by atoms with Gasteiger partial charge in [-0.3, -0.25) is 4.79 Å². The van der Waals surface area contributed by atoms with Crippen molar-refractivity contribution in [3.63, 3.8) is 0 Å². The maximum atomic E-state index is 12.6. The van der Waals surface area contributed by atoms with Gasteiger partial charge >= 0.3 is 0 Å². The molecule has 1 fully saturated rings. The number of aromatic nitrogens is 1. The van der Waals surface area contributed by atoms with E-state index in [0.29, 0.717) is 6.04 Å². The summed E-state index contributed by atoms with van der Waals surface area (Å²) in [5.41, 5.74) is 2.05. The zero-order chi connectivity index (χ0) is 14.8. The van der Waals surface area contributed by atoms with Crippen LogP contribution in [0.2, 0.25) is 0 Å². The number of hydrogen-bond donors (Lipinski definition) is 0. The van der Waals surface area contributed by atoms with Gasteiger partial charge in [0.2, 0.25) is 0 Å². The molecule has 0 unspecified atom stereocenters. The summed E-state index contributed by atoms with van der Waals surface area (Å²) in [6, 6.07) is 12.7. The molecule has 1 aromatic heterocycles. The Morgan fingerprint density at radius 3 is 2.71 bits per heavy atom. The molecule has 4 heteroatoms. The average molecular weight is 347 g/mol. The van der Waals surface area contributed by atoms with E-state index in [0.717, 1.165) is 23.1 Å². The minimum Gasteiger partial charge on any atom is -0.340 e. The normalized spacial score (nSPS) is 14.2. The first-order valence-corrected chi connectivity index (χ1v) is 8.11. The van der Waals surface area contributed by atoms with Crippen molar-refractivity contribution in [3.05, 3.63) is 58.3 Å². The molecule has 0 saturated heterocycles. The molecule has 3 rings (SSSR count). The third kappa shape index (κ3) is 3.38. The van der Waals surface area contributed by atoms with E-state index in [1.807, 2.05) is 42.4 Å². The summed E-state index contributed by atoms with van der Waals surface area (Å²) in [7, 11) is 1.88. The number of hydrogen-bond acceptors (Lipinski definition) is 1. The summed E-state index contributed by atoms with van der Waals surface area (Å²) in [6.07, 6.45) is 5.26. The van der Waals surface area contributed by atoms with E-state index in [4.69, 9.17) is 0 Å². The number of benzene rings is 1. The average Bonchev–Trinajstić information content (AvgIpc) is 3.27. The lowest BCUT2D eigenvalue weighted by atomic mass is 10.1. The van der Waals surface area contributed by atoms with Crippen LogP contribution < -0.4 is 0 Å². The van der Waals surface area contributed by atoms with Crippen molar-refractivity contribution in [3.8, 4) is 0 Å². The molecular formula is C17H19BrN2O. The fraction of sp³-hybridized carbons (Fsp3) is 0.353. The van der Waals surface area contributed by atoms with Crippen LogP contribution in [0.3, 0.4) is 0 Å². The van der Waals surface area contributed by atoms with Crippen molar-refractivity contribution in [2.75, 3.05) is 13.6 Å². The lowest BCUT2D eigenvalue weighted by molar-refractivity contribution is 0.0785.